The standard InChI is InChI=1S/C18H27N3O3/c1-12-6-8-24-17(12)18(23)20-7-5-16-14(10-20)9-15(11-19(3)4)21(16)13(2)22/h6,8,14-16H,5,7,9-11H2,1-4H3/t14-,15+,16+/m1/s1. The number of aryl methyl sites for hydroxylation is 1. The van der Waals surface area contributed by atoms with Gasteiger partial charge in [-0.1, -0.05) is 0 Å². The summed E-state index contributed by atoms with van der Waals surface area (Å²) in [5.41, 5.74) is 0.879. The smallest absolute Gasteiger partial charge is 0.289 e. The lowest BCUT2D eigenvalue weighted by Gasteiger charge is -2.38. The highest BCUT2D eigenvalue weighted by Crippen LogP contribution is 2.36. The number of rotatable bonds is 3. The van der Waals surface area contributed by atoms with Crippen LogP contribution in [0.25, 0.3) is 0 Å². The molecule has 0 aliphatic carbocycles. The van der Waals surface area contributed by atoms with Crippen molar-refractivity contribution in [2.24, 2.45) is 5.92 Å². The van der Waals surface area contributed by atoms with Crippen LogP contribution in [0.3, 0.4) is 0 Å². The Morgan fingerprint density at radius 2 is 2.12 bits per heavy atom. The van der Waals surface area contributed by atoms with Crippen LogP contribution in [0.4, 0.5) is 0 Å². The number of hydrogen-bond acceptors (Lipinski definition) is 4. The summed E-state index contributed by atoms with van der Waals surface area (Å²) in [6.07, 6.45) is 3.37. The molecule has 2 aliphatic rings. The van der Waals surface area contributed by atoms with Gasteiger partial charge in [0.1, 0.15) is 0 Å². The Morgan fingerprint density at radius 3 is 2.71 bits per heavy atom. The lowest BCUT2D eigenvalue weighted by molar-refractivity contribution is -0.132. The van der Waals surface area contributed by atoms with Crippen LogP contribution in [-0.2, 0) is 4.79 Å². The number of furan rings is 1. The molecule has 2 aliphatic heterocycles. The zero-order valence-corrected chi connectivity index (χ0v) is 15.0. The minimum atomic E-state index is -0.0265. The highest BCUT2D eigenvalue weighted by molar-refractivity contribution is 5.93. The molecule has 0 bridgehead atoms. The quantitative estimate of drug-likeness (QED) is 0.843. The van der Waals surface area contributed by atoms with Gasteiger partial charge in [-0.25, -0.2) is 0 Å². The van der Waals surface area contributed by atoms with Crippen LogP contribution >= 0.6 is 0 Å². The highest BCUT2D eigenvalue weighted by atomic mass is 16.3. The molecule has 2 amide bonds. The fraction of sp³-hybridized carbons (Fsp3) is 0.667. The topological polar surface area (TPSA) is 57.0 Å². The summed E-state index contributed by atoms with van der Waals surface area (Å²) in [5.74, 6) is 0.920. The zero-order valence-electron chi connectivity index (χ0n) is 15.0. The van der Waals surface area contributed by atoms with Crippen LogP contribution in [0, 0.1) is 12.8 Å². The Morgan fingerprint density at radius 1 is 1.38 bits per heavy atom. The van der Waals surface area contributed by atoms with Gasteiger partial charge >= 0.3 is 0 Å². The van der Waals surface area contributed by atoms with Crippen LogP contribution in [0.5, 0.6) is 0 Å². The minimum Gasteiger partial charge on any atom is -0.459 e. The second kappa shape index (κ2) is 6.59. The van der Waals surface area contributed by atoms with E-state index in [9.17, 15) is 9.59 Å². The molecule has 6 heteroatoms. The molecule has 1 aromatic rings. The average Bonchev–Trinajstić information content (AvgIpc) is 3.07. The van der Waals surface area contributed by atoms with Crippen LogP contribution in [-0.4, -0.2) is 72.3 Å². The molecule has 3 heterocycles. The molecule has 3 atom stereocenters. The van der Waals surface area contributed by atoms with E-state index in [0.29, 0.717) is 24.8 Å². The van der Waals surface area contributed by atoms with Gasteiger partial charge in [-0.3, -0.25) is 9.59 Å². The van der Waals surface area contributed by atoms with E-state index in [1.54, 1.807) is 13.2 Å². The number of piperidine rings is 1. The third kappa shape index (κ3) is 3.07. The van der Waals surface area contributed by atoms with E-state index in [4.69, 9.17) is 4.42 Å². The van der Waals surface area contributed by atoms with E-state index >= 15 is 0 Å². The van der Waals surface area contributed by atoms with E-state index < -0.39 is 0 Å². The summed E-state index contributed by atoms with van der Waals surface area (Å²) < 4.78 is 5.36. The highest BCUT2D eigenvalue weighted by Gasteiger charge is 2.46. The lowest BCUT2D eigenvalue weighted by atomic mass is 9.91. The average molecular weight is 333 g/mol. The zero-order chi connectivity index (χ0) is 17.4. The molecule has 3 rings (SSSR count). The van der Waals surface area contributed by atoms with Gasteiger partial charge in [0.15, 0.2) is 5.76 Å². The molecule has 0 saturated carbocycles. The Kier molecular flexibility index (Phi) is 4.67. The van der Waals surface area contributed by atoms with Gasteiger partial charge in [0, 0.05) is 44.2 Å². The first-order valence-electron chi connectivity index (χ1n) is 8.65. The third-order valence-electron chi connectivity index (χ3n) is 5.30. The maximum atomic E-state index is 12.7. The first-order valence-corrected chi connectivity index (χ1v) is 8.65. The van der Waals surface area contributed by atoms with E-state index in [1.807, 2.05) is 32.0 Å². The summed E-state index contributed by atoms with van der Waals surface area (Å²) in [6, 6.07) is 2.32. The molecule has 0 N–H and O–H groups in total. The number of amides is 2. The van der Waals surface area contributed by atoms with E-state index in [1.165, 1.54) is 0 Å². The van der Waals surface area contributed by atoms with Gasteiger partial charge < -0.3 is 19.1 Å². The van der Waals surface area contributed by atoms with E-state index in [0.717, 1.165) is 24.9 Å². The summed E-state index contributed by atoms with van der Waals surface area (Å²) in [7, 11) is 4.08. The summed E-state index contributed by atoms with van der Waals surface area (Å²) >= 11 is 0. The molecule has 132 valence electrons. The summed E-state index contributed by atoms with van der Waals surface area (Å²) in [5, 5.41) is 0. The Balaban J connectivity index is 1.73. The fourth-order valence-corrected chi connectivity index (χ4v) is 4.35. The largest absolute Gasteiger partial charge is 0.459 e. The predicted molar refractivity (Wildman–Crippen MR) is 90.7 cm³/mol. The van der Waals surface area contributed by atoms with Gasteiger partial charge in [0.25, 0.3) is 5.91 Å². The van der Waals surface area contributed by atoms with Crippen molar-refractivity contribution in [3.8, 4) is 0 Å². The van der Waals surface area contributed by atoms with Crippen molar-refractivity contribution >= 4 is 11.8 Å². The van der Waals surface area contributed by atoms with E-state index in [2.05, 4.69) is 9.80 Å². The number of likely N-dealkylation sites (N-methyl/N-ethyl adjacent to an activating group) is 1. The van der Waals surface area contributed by atoms with Gasteiger partial charge in [-0.05, 0) is 45.8 Å². The maximum Gasteiger partial charge on any atom is 0.289 e. The monoisotopic (exact) mass is 333 g/mol. The molecule has 0 spiro atoms. The Hall–Kier alpha value is -1.82. The molecule has 24 heavy (non-hydrogen) atoms. The number of nitrogens with zero attached hydrogens (tertiary/aromatic N) is 3. The molecule has 0 unspecified atom stereocenters. The van der Waals surface area contributed by atoms with Crippen molar-refractivity contribution in [1.29, 1.82) is 0 Å². The fourth-order valence-electron chi connectivity index (χ4n) is 4.35. The number of carbonyl (C=O) groups excluding carboxylic acids is 2. The lowest BCUT2D eigenvalue weighted by Crippen LogP contribution is -2.50. The van der Waals surface area contributed by atoms with Gasteiger partial charge in [-0.15, -0.1) is 0 Å². The van der Waals surface area contributed by atoms with Gasteiger partial charge in [-0.2, -0.15) is 0 Å². The first-order chi connectivity index (χ1) is 11.4. The van der Waals surface area contributed by atoms with Crippen LogP contribution < -0.4 is 0 Å². The minimum absolute atomic E-state index is 0.0265. The predicted octanol–water partition coefficient (Wildman–Crippen LogP) is 1.60. The van der Waals surface area contributed by atoms with Gasteiger partial charge in [0.05, 0.1) is 6.26 Å². The molecule has 2 saturated heterocycles. The molecular weight excluding hydrogens is 306 g/mol. The van der Waals surface area contributed by atoms with Gasteiger partial charge in [0.2, 0.25) is 5.91 Å². The van der Waals surface area contributed by atoms with Crippen molar-refractivity contribution in [2.75, 3.05) is 33.7 Å². The molecule has 2 fully saturated rings. The number of hydrogen-bond donors (Lipinski definition) is 0. The molecular formula is C18H27N3O3. The SMILES string of the molecule is CC(=O)N1[C@H](CN(C)C)C[C@@H]2CN(C(=O)c3occc3C)CC[C@@H]21. The molecule has 1 aromatic heterocycles. The second-order valence-corrected chi connectivity index (χ2v) is 7.38. The van der Waals surface area contributed by atoms with Crippen LogP contribution in [0.2, 0.25) is 0 Å². The molecule has 0 aromatic carbocycles. The van der Waals surface area contributed by atoms with E-state index in [-0.39, 0.29) is 23.9 Å². The normalized spacial score (nSPS) is 26.8. The summed E-state index contributed by atoms with van der Waals surface area (Å²) in [6.45, 7) is 5.81. The van der Waals surface area contributed by atoms with Crippen molar-refractivity contribution in [1.82, 2.24) is 14.7 Å². The van der Waals surface area contributed by atoms with Crippen molar-refractivity contribution in [3.05, 3.63) is 23.7 Å². The summed E-state index contributed by atoms with van der Waals surface area (Å²) in [4.78, 5) is 30.9. The Bertz CT molecular complexity index is 625. The first kappa shape index (κ1) is 17.0. The number of fused-ring (bicyclic) bond motifs is 1. The van der Waals surface area contributed by atoms with Crippen molar-refractivity contribution in [3.63, 3.8) is 0 Å². The number of carbonyl (C=O) groups is 2. The van der Waals surface area contributed by atoms with Crippen LogP contribution in [0.1, 0.15) is 35.9 Å². The third-order valence-corrected chi connectivity index (χ3v) is 5.30. The maximum absolute atomic E-state index is 12.7. The van der Waals surface area contributed by atoms with Crippen LogP contribution in [0.15, 0.2) is 16.7 Å². The molecule has 0 radical (unpaired) electrons. The van der Waals surface area contributed by atoms with Crippen molar-refractivity contribution in [2.45, 2.75) is 38.8 Å². The Labute approximate surface area is 143 Å². The second-order valence-electron chi connectivity index (χ2n) is 7.38. The number of likely N-dealkylation sites (tertiary alicyclic amines) is 2. The molecule has 6 nitrogen and oxygen atoms in total. The van der Waals surface area contributed by atoms with Crippen molar-refractivity contribution < 1.29 is 14.0 Å².